The number of rotatable bonds is 3. The predicted molar refractivity (Wildman–Crippen MR) is 76.2 cm³/mol. The Bertz CT molecular complexity index is 615. The molecule has 0 amide bonds. The molecular formula is C11H8FIN2O2S. The van der Waals surface area contributed by atoms with Gasteiger partial charge in [-0.1, -0.05) is 0 Å². The fraction of sp³-hybridized carbons (Fsp3) is 0.0909. The minimum absolute atomic E-state index is 0.0413. The Hall–Kier alpha value is -1.22. The SMILES string of the molecule is Cc1sc(Nc2ccc(F)cc2I)nc1C(=O)O. The van der Waals surface area contributed by atoms with Crippen molar-refractivity contribution in [2.24, 2.45) is 0 Å². The summed E-state index contributed by atoms with van der Waals surface area (Å²) in [5.41, 5.74) is 0.738. The van der Waals surface area contributed by atoms with Gasteiger partial charge in [0.25, 0.3) is 0 Å². The number of thiazole rings is 1. The number of carbonyl (C=O) groups is 1. The van der Waals surface area contributed by atoms with Crippen molar-refractivity contribution in [1.29, 1.82) is 0 Å². The molecule has 0 bridgehead atoms. The topological polar surface area (TPSA) is 62.2 Å². The van der Waals surface area contributed by atoms with Crippen LogP contribution in [0.5, 0.6) is 0 Å². The van der Waals surface area contributed by atoms with E-state index in [2.05, 4.69) is 10.3 Å². The lowest BCUT2D eigenvalue weighted by atomic mass is 10.3. The third-order valence-electron chi connectivity index (χ3n) is 2.17. The van der Waals surface area contributed by atoms with Crippen LogP contribution in [0.15, 0.2) is 18.2 Å². The molecule has 7 heteroatoms. The van der Waals surface area contributed by atoms with E-state index in [0.29, 0.717) is 19.3 Å². The van der Waals surface area contributed by atoms with Gasteiger partial charge in [0.15, 0.2) is 10.8 Å². The highest BCUT2D eigenvalue weighted by Gasteiger charge is 2.14. The highest BCUT2D eigenvalue weighted by atomic mass is 127. The number of hydrogen-bond donors (Lipinski definition) is 2. The van der Waals surface area contributed by atoms with E-state index < -0.39 is 5.97 Å². The van der Waals surface area contributed by atoms with Crippen LogP contribution in [-0.2, 0) is 0 Å². The van der Waals surface area contributed by atoms with Crippen molar-refractivity contribution in [3.05, 3.63) is 38.2 Å². The molecule has 0 saturated heterocycles. The molecule has 0 aliphatic heterocycles. The molecule has 2 N–H and O–H groups in total. The number of carboxylic acids is 1. The van der Waals surface area contributed by atoms with Crippen LogP contribution in [0.3, 0.4) is 0 Å². The predicted octanol–water partition coefficient (Wildman–Crippen LogP) is 3.64. The molecule has 0 aliphatic rings. The number of aromatic carboxylic acids is 1. The molecule has 0 spiro atoms. The van der Waals surface area contributed by atoms with Crippen molar-refractivity contribution in [3.8, 4) is 0 Å². The summed E-state index contributed by atoms with van der Waals surface area (Å²) in [5, 5.41) is 12.4. The largest absolute Gasteiger partial charge is 0.476 e. The quantitative estimate of drug-likeness (QED) is 0.801. The number of aromatic nitrogens is 1. The Kier molecular flexibility index (Phi) is 3.81. The number of anilines is 2. The molecule has 0 radical (unpaired) electrons. The highest BCUT2D eigenvalue weighted by molar-refractivity contribution is 14.1. The van der Waals surface area contributed by atoms with E-state index in [0.717, 1.165) is 0 Å². The first kappa shape index (κ1) is 13.2. The fourth-order valence-electron chi connectivity index (χ4n) is 1.35. The first-order valence-electron chi connectivity index (χ1n) is 4.90. The lowest BCUT2D eigenvalue weighted by Gasteiger charge is -2.04. The third kappa shape index (κ3) is 2.78. The Morgan fingerprint density at radius 1 is 1.56 bits per heavy atom. The second-order valence-electron chi connectivity index (χ2n) is 3.48. The van der Waals surface area contributed by atoms with Crippen LogP contribution in [0.2, 0.25) is 0 Å². The van der Waals surface area contributed by atoms with Gasteiger partial charge in [0.2, 0.25) is 0 Å². The number of halogens is 2. The molecule has 0 saturated carbocycles. The van der Waals surface area contributed by atoms with Crippen molar-refractivity contribution >= 4 is 50.7 Å². The van der Waals surface area contributed by atoms with Crippen LogP contribution in [0.1, 0.15) is 15.4 Å². The molecule has 94 valence electrons. The summed E-state index contributed by atoms with van der Waals surface area (Å²) in [5.74, 6) is -1.36. The van der Waals surface area contributed by atoms with Crippen LogP contribution < -0.4 is 5.32 Å². The van der Waals surface area contributed by atoms with Crippen LogP contribution in [-0.4, -0.2) is 16.1 Å². The molecule has 4 nitrogen and oxygen atoms in total. The second kappa shape index (κ2) is 5.19. The Morgan fingerprint density at radius 3 is 2.83 bits per heavy atom. The normalized spacial score (nSPS) is 10.4. The minimum atomic E-state index is -1.05. The van der Waals surface area contributed by atoms with Crippen LogP contribution >= 0.6 is 33.9 Å². The summed E-state index contributed by atoms with van der Waals surface area (Å²) in [6.45, 7) is 1.70. The number of nitrogens with one attached hydrogen (secondary N) is 1. The van der Waals surface area contributed by atoms with E-state index >= 15 is 0 Å². The monoisotopic (exact) mass is 378 g/mol. The highest BCUT2D eigenvalue weighted by Crippen LogP contribution is 2.28. The maximum Gasteiger partial charge on any atom is 0.355 e. The number of aryl methyl sites for hydroxylation is 1. The third-order valence-corrected chi connectivity index (χ3v) is 3.95. The standard InChI is InChI=1S/C11H8FIN2O2S/c1-5-9(10(16)17)15-11(18-5)14-8-3-2-6(12)4-7(8)13/h2-4H,1H3,(H,14,15)(H,16,17). The Balaban J connectivity index is 2.29. The molecule has 0 aliphatic carbocycles. The molecule has 0 fully saturated rings. The Labute approximate surface area is 120 Å². The van der Waals surface area contributed by atoms with Crippen molar-refractivity contribution in [3.63, 3.8) is 0 Å². The molecule has 0 unspecified atom stereocenters. The summed E-state index contributed by atoms with van der Waals surface area (Å²) >= 11 is 3.25. The smallest absolute Gasteiger partial charge is 0.355 e. The zero-order valence-corrected chi connectivity index (χ0v) is 12.2. The first-order chi connectivity index (χ1) is 8.47. The van der Waals surface area contributed by atoms with Gasteiger partial charge in [-0.15, -0.1) is 11.3 Å². The minimum Gasteiger partial charge on any atom is -0.476 e. The molecule has 1 aromatic carbocycles. The van der Waals surface area contributed by atoms with Gasteiger partial charge in [0.1, 0.15) is 5.82 Å². The molecule has 18 heavy (non-hydrogen) atoms. The average molecular weight is 378 g/mol. The fourth-order valence-corrected chi connectivity index (χ4v) is 2.78. The first-order valence-corrected chi connectivity index (χ1v) is 6.79. The molecule has 0 atom stereocenters. The summed E-state index contributed by atoms with van der Waals surface area (Å²) in [7, 11) is 0. The van der Waals surface area contributed by atoms with Crippen LogP contribution in [0, 0.1) is 16.3 Å². The Morgan fingerprint density at radius 2 is 2.28 bits per heavy atom. The van der Waals surface area contributed by atoms with Gasteiger partial charge < -0.3 is 10.4 Å². The van der Waals surface area contributed by atoms with E-state index in [-0.39, 0.29) is 11.5 Å². The van der Waals surface area contributed by atoms with Gasteiger partial charge in [-0.25, -0.2) is 14.2 Å². The summed E-state index contributed by atoms with van der Waals surface area (Å²) in [6.07, 6.45) is 0. The molecule has 2 aromatic rings. The van der Waals surface area contributed by atoms with Gasteiger partial charge in [-0.3, -0.25) is 0 Å². The summed E-state index contributed by atoms with van der Waals surface area (Å²) in [6, 6.07) is 4.32. The van der Waals surface area contributed by atoms with Gasteiger partial charge in [-0.05, 0) is 47.7 Å². The molecule has 1 aromatic heterocycles. The van der Waals surface area contributed by atoms with Gasteiger partial charge in [0.05, 0.1) is 5.69 Å². The van der Waals surface area contributed by atoms with Gasteiger partial charge >= 0.3 is 5.97 Å². The van der Waals surface area contributed by atoms with Gasteiger partial charge in [0, 0.05) is 8.45 Å². The summed E-state index contributed by atoms with van der Waals surface area (Å²) < 4.78 is 13.6. The van der Waals surface area contributed by atoms with Gasteiger partial charge in [-0.2, -0.15) is 0 Å². The lowest BCUT2D eigenvalue weighted by molar-refractivity contribution is 0.0690. The second-order valence-corrected chi connectivity index (χ2v) is 5.84. The van der Waals surface area contributed by atoms with E-state index in [1.165, 1.54) is 23.5 Å². The zero-order chi connectivity index (χ0) is 13.3. The van der Waals surface area contributed by atoms with E-state index in [1.807, 2.05) is 22.6 Å². The zero-order valence-electron chi connectivity index (χ0n) is 9.20. The summed E-state index contributed by atoms with van der Waals surface area (Å²) in [4.78, 5) is 15.5. The maximum atomic E-state index is 12.9. The van der Waals surface area contributed by atoms with Crippen LogP contribution in [0.4, 0.5) is 15.2 Å². The van der Waals surface area contributed by atoms with Crippen molar-refractivity contribution in [2.45, 2.75) is 6.92 Å². The van der Waals surface area contributed by atoms with E-state index in [9.17, 15) is 9.18 Å². The van der Waals surface area contributed by atoms with Crippen molar-refractivity contribution in [2.75, 3.05) is 5.32 Å². The average Bonchev–Trinajstić information content (AvgIpc) is 2.64. The lowest BCUT2D eigenvalue weighted by Crippen LogP contribution is -1.99. The maximum absolute atomic E-state index is 12.9. The van der Waals surface area contributed by atoms with E-state index in [4.69, 9.17) is 5.11 Å². The molecular weight excluding hydrogens is 370 g/mol. The molecule has 1 heterocycles. The van der Waals surface area contributed by atoms with Crippen LogP contribution in [0.25, 0.3) is 0 Å². The number of carboxylic acid groups (broad SMARTS) is 1. The molecule has 2 rings (SSSR count). The van der Waals surface area contributed by atoms with Crippen molar-refractivity contribution < 1.29 is 14.3 Å². The van der Waals surface area contributed by atoms with Crippen molar-refractivity contribution in [1.82, 2.24) is 4.98 Å². The number of hydrogen-bond acceptors (Lipinski definition) is 4. The number of nitrogens with zero attached hydrogens (tertiary/aromatic N) is 1. The number of benzene rings is 1. The van der Waals surface area contributed by atoms with E-state index in [1.54, 1.807) is 13.0 Å².